The van der Waals surface area contributed by atoms with E-state index in [-0.39, 0.29) is 5.91 Å². The number of nitrogens with one attached hydrogen (secondary N) is 1. The van der Waals surface area contributed by atoms with Crippen molar-refractivity contribution in [2.45, 2.75) is 19.3 Å². The van der Waals surface area contributed by atoms with Crippen molar-refractivity contribution in [3.63, 3.8) is 0 Å². The van der Waals surface area contributed by atoms with E-state index in [4.69, 9.17) is 21.1 Å². The Labute approximate surface area is 184 Å². The molecule has 3 aromatic rings. The van der Waals surface area contributed by atoms with Crippen LogP contribution in [0, 0.1) is 0 Å². The topological polar surface area (TPSA) is 59.9 Å². The molecule has 4 rings (SSSR count). The van der Waals surface area contributed by atoms with Crippen LogP contribution in [0.3, 0.4) is 0 Å². The predicted octanol–water partition coefficient (Wildman–Crippen LogP) is 5.91. The number of benzene rings is 2. The number of carbonyl (C=O) groups excluding carboxylic acids is 1. The molecule has 1 aliphatic carbocycles. The van der Waals surface area contributed by atoms with Crippen molar-refractivity contribution in [1.29, 1.82) is 0 Å². The molecule has 0 atom stereocenters. The van der Waals surface area contributed by atoms with Gasteiger partial charge >= 0.3 is 0 Å². The second-order valence-electron chi connectivity index (χ2n) is 6.87. The van der Waals surface area contributed by atoms with Crippen LogP contribution in [0.1, 0.15) is 32.8 Å². The molecule has 154 valence electrons. The first-order valence-corrected chi connectivity index (χ1v) is 10.8. The van der Waals surface area contributed by atoms with Gasteiger partial charge in [-0.15, -0.1) is 11.3 Å². The summed E-state index contributed by atoms with van der Waals surface area (Å²) in [4.78, 5) is 19.0. The van der Waals surface area contributed by atoms with E-state index < -0.39 is 0 Å². The Hall–Kier alpha value is -2.83. The summed E-state index contributed by atoms with van der Waals surface area (Å²) in [7, 11) is 3.20. The number of methoxy groups -OCH3 is 2. The normalized spacial score (nSPS) is 12.8. The van der Waals surface area contributed by atoms with Gasteiger partial charge in [0.25, 0.3) is 5.91 Å². The van der Waals surface area contributed by atoms with Gasteiger partial charge in [0, 0.05) is 21.8 Å². The number of aliphatic imine (C=N–C) groups is 1. The summed E-state index contributed by atoms with van der Waals surface area (Å²) in [5.41, 5.74) is 3.30. The van der Waals surface area contributed by atoms with E-state index in [0.717, 1.165) is 30.4 Å². The molecule has 1 heterocycles. The average molecular weight is 441 g/mol. The van der Waals surface area contributed by atoms with Gasteiger partial charge in [-0.1, -0.05) is 17.7 Å². The van der Waals surface area contributed by atoms with Gasteiger partial charge < -0.3 is 14.8 Å². The van der Waals surface area contributed by atoms with Gasteiger partial charge in [0.15, 0.2) is 11.5 Å². The third-order valence-corrected chi connectivity index (χ3v) is 6.39. The van der Waals surface area contributed by atoms with E-state index in [1.807, 2.05) is 30.3 Å². The zero-order valence-electron chi connectivity index (χ0n) is 16.7. The van der Waals surface area contributed by atoms with Crippen LogP contribution in [0.25, 0.3) is 0 Å². The van der Waals surface area contributed by atoms with E-state index in [9.17, 15) is 4.79 Å². The number of carbonyl (C=O) groups is 1. The van der Waals surface area contributed by atoms with Crippen LogP contribution in [-0.2, 0) is 12.8 Å². The molecule has 0 spiro atoms. The van der Waals surface area contributed by atoms with Crippen LogP contribution in [0.2, 0.25) is 5.02 Å². The molecule has 7 heteroatoms. The Bertz CT molecular complexity index is 1120. The van der Waals surface area contributed by atoms with Gasteiger partial charge in [0.1, 0.15) is 5.00 Å². The zero-order chi connectivity index (χ0) is 21.1. The molecule has 1 N–H and O–H groups in total. The van der Waals surface area contributed by atoms with E-state index in [0.29, 0.717) is 32.8 Å². The SMILES string of the molecule is COc1ccc(/C=N/c2sc3c(c2C(=O)Nc2cccc(Cl)c2)CCC3)cc1OC. The van der Waals surface area contributed by atoms with Crippen LogP contribution in [0.5, 0.6) is 11.5 Å². The molecule has 1 amide bonds. The molecule has 1 aliphatic rings. The minimum atomic E-state index is -0.156. The number of anilines is 1. The molecule has 0 saturated heterocycles. The fourth-order valence-corrected chi connectivity index (χ4v) is 4.96. The standard InChI is InChI=1S/C23H21ClN2O3S/c1-28-18-10-9-14(11-19(18)29-2)13-25-23-21(17-7-4-8-20(17)30-23)22(27)26-16-6-3-5-15(24)12-16/h3,5-6,9-13H,4,7-8H2,1-2H3,(H,26,27)/b25-13+. The number of nitrogens with zero attached hydrogens (tertiary/aromatic N) is 1. The van der Waals surface area contributed by atoms with Gasteiger partial charge in [-0.05, 0) is 66.8 Å². The zero-order valence-corrected chi connectivity index (χ0v) is 18.3. The summed E-state index contributed by atoms with van der Waals surface area (Å²) >= 11 is 7.64. The smallest absolute Gasteiger partial charge is 0.259 e. The minimum absolute atomic E-state index is 0.156. The lowest BCUT2D eigenvalue weighted by Crippen LogP contribution is -2.13. The van der Waals surface area contributed by atoms with Crippen molar-refractivity contribution >= 4 is 45.7 Å². The van der Waals surface area contributed by atoms with Crippen LogP contribution in [-0.4, -0.2) is 26.3 Å². The highest BCUT2D eigenvalue weighted by molar-refractivity contribution is 7.16. The van der Waals surface area contributed by atoms with E-state index in [2.05, 4.69) is 10.3 Å². The Morgan fingerprint density at radius 1 is 1.13 bits per heavy atom. The Morgan fingerprint density at radius 2 is 1.97 bits per heavy atom. The van der Waals surface area contributed by atoms with Gasteiger partial charge in [-0.3, -0.25) is 4.79 Å². The molecule has 0 unspecified atom stereocenters. The monoisotopic (exact) mass is 440 g/mol. The summed E-state index contributed by atoms with van der Waals surface area (Å²) in [6.07, 6.45) is 4.71. The molecule has 0 aliphatic heterocycles. The molecular weight excluding hydrogens is 420 g/mol. The minimum Gasteiger partial charge on any atom is -0.493 e. The number of hydrogen-bond acceptors (Lipinski definition) is 5. The number of aryl methyl sites for hydroxylation is 1. The van der Waals surface area contributed by atoms with Gasteiger partial charge in [0.2, 0.25) is 0 Å². The molecule has 0 radical (unpaired) electrons. The van der Waals surface area contributed by atoms with E-state index in [1.165, 1.54) is 4.88 Å². The second kappa shape index (κ2) is 8.90. The van der Waals surface area contributed by atoms with Crippen LogP contribution >= 0.6 is 22.9 Å². The maximum absolute atomic E-state index is 13.1. The van der Waals surface area contributed by atoms with Gasteiger partial charge in [-0.2, -0.15) is 0 Å². The van der Waals surface area contributed by atoms with Crippen LogP contribution < -0.4 is 14.8 Å². The van der Waals surface area contributed by atoms with Gasteiger partial charge in [-0.25, -0.2) is 4.99 Å². The highest BCUT2D eigenvalue weighted by Gasteiger charge is 2.26. The Morgan fingerprint density at radius 3 is 2.73 bits per heavy atom. The third kappa shape index (κ3) is 4.20. The second-order valence-corrected chi connectivity index (χ2v) is 8.39. The number of thiophene rings is 1. The Balaban J connectivity index is 1.64. The molecule has 0 bridgehead atoms. The first-order valence-electron chi connectivity index (χ1n) is 9.56. The fraction of sp³-hybridized carbons (Fsp3) is 0.217. The number of rotatable bonds is 6. The molecule has 0 fully saturated rings. The lowest BCUT2D eigenvalue weighted by Gasteiger charge is -2.08. The maximum atomic E-state index is 13.1. The summed E-state index contributed by atoms with van der Waals surface area (Å²) in [5.74, 6) is 1.14. The van der Waals surface area contributed by atoms with Gasteiger partial charge in [0.05, 0.1) is 19.8 Å². The third-order valence-electron chi connectivity index (χ3n) is 4.95. The van der Waals surface area contributed by atoms with Crippen molar-refractivity contribution in [1.82, 2.24) is 0 Å². The summed E-state index contributed by atoms with van der Waals surface area (Å²) in [6.45, 7) is 0. The van der Waals surface area contributed by atoms with Crippen molar-refractivity contribution in [3.8, 4) is 11.5 Å². The number of halogens is 1. The largest absolute Gasteiger partial charge is 0.493 e. The number of hydrogen-bond donors (Lipinski definition) is 1. The van der Waals surface area contributed by atoms with Crippen LogP contribution in [0.4, 0.5) is 10.7 Å². The fourth-order valence-electron chi connectivity index (χ4n) is 3.54. The summed E-state index contributed by atoms with van der Waals surface area (Å²) in [6, 6.07) is 12.7. The molecule has 30 heavy (non-hydrogen) atoms. The molecule has 2 aromatic carbocycles. The van der Waals surface area contributed by atoms with Crippen molar-refractivity contribution in [2.75, 3.05) is 19.5 Å². The first kappa shape index (κ1) is 20.4. The number of fused-ring (bicyclic) bond motifs is 1. The first-order chi connectivity index (χ1) is 14.6. The van der Waals surface area contributed by atoms with Crippen molar-refractivity contribution in [3.05, 3.63) is 69.1 Å². The highest BCUT2D eigenvalue weighted by Crippen LogP contribution is 2.41. The quantitative estimate of drug-likeness (QED) is 0.484. The molecular formula is C23H21ClN2O3S. The highest BCUT2D eigenvalue weighted by atomic mass is 35.5. The molecule has 1 aromatic heterocycles. The lowest BCUT2D eigenvalue weighted by atomic mass is 10.1. The van der Waals surface area contributed by atoms with E-state index in [1.54, 1.807) is 43.9 Å². The maximum Gasteiger partial charge on any atom is 0.259 e. The summed E-state index contributed by atoms with van der Waals surface area (Å²) < 4.78 is 10.6. The molecule has 5 nitrogen and oxygen atoms in total. The Kier molecular flexibility index (Phi) is 6.06. The molecule has 0 saturated carbocycles. The lowest BCUT2D eigenvalue weighted by molar-refractivity contribution is 0.102. The number of amides is 1. The number of ether oxygens (including phenoxy) is 2. The van der Waals surface area contributed by atoms with E-state index >= 15 is 0 Å². The summed E-state index contributed by atoms with van der Waals surface area (Å²) in [5, 5.41) is 4.26. The predicted molar refractivity (Wildman–Crippen MR) is 123 cm³/mol. The average Bonchev–Trinajstić information content (AvgIpc) is 3.32. The van der Waals surface area contributed by atoms with Crippen LogP contribution in [0.15, 0.2) is 47.5 Å². The van der Waals surface area contributed by atoms with Crippen molar-refractivity contribution in [2.24, 2.45) is 4.99 Å². The van der Waals surface area contributed by atoms with Crippen molar-refractivity contribution < 1.29 is 14.3 Å².